The van der Waals surface area contributed by atoms with E-state index in [9.17, 15) is 17.3 Å². The Bertz CT molecular complexity index is 494. The van der Waals surface area contributed by atoms with Crippen molar-refractivity contribution in [2.24, 2.45) is 0 Å². The molecule has 0 radical (unpaired) electrons. The summed E-state index contributed by atoms with van der Waals surface area (Å²) in [6.07, 6.45) is 0.284. The Morgan fingerprint density at radius 2 is 1.81 bits per heavy atom. The smallest absolute Gasteiger partial charge is 0.448 e. The third-order valence-electron chi connectivity index (χ3n) is 2.14. The number of hydrogen-bond donors (Lipinski definition) is 0. The van der Waals surface area contributed by atoms with E-state index < -0.39 is 19.2 Å². The zero-order valence-corrected chi connectivity index (χ0v) is 11.8. The minimum absolute atomic E-state index is 0. The first kappa shape index (κ1) is 14.2. The van der Waals surface area contributed by atoms with Gasteiger partial charge in [0.25, 0.3) is 0 Å². The molecule has 0 fully saturated rings. The first-order valence-electron chi connectivity index (χ1n) is 4.41. The van der Waals surface area contributed by atoms with Gasteiger partial charge < -0.3 is 17.5 Å². The summed E-state index contributed by atoms with van der Waals surface area (Å²) < 4.78 is 50.4. The average Bonchev–Trinajstić information content (AvgIpc) is 2.46. The van der Waals surface area contributed by atoms with E-state index in [1.807, 2.05) is 0 Å². The molecule has 16 heavy (non-hydrogen) atoms. The standard InChI is InChI=1S/C9H7BF4N.K/c11-8-2-1-7-3-4-15(9(7)5-8)6-10(12,13)14;/h1-5H,6H2;/q-1;+1. The van der Waals surface area contributed by atoms with Gasteiger partial charge in [0.2, 0.25) is 0 Å². The summed E-state index contributed by atoms with van der Waals surface area (Å²) in [5, 5.41) is 0.608. The van der Waals surface area contributed by atoms with Gasteiger partial charge in [0, 0.05) is 11.7 Å². The Morgan fingerprint density at radius 3 is 2.44 bits per heavy atom. The Morgan fingerprint density at radius 1 is 1.12 bits per heavy atom. The molecule has 0 unspecified atom stereocenters. The molecule has 2 aromatic rings. The van der Waals surface area contributed by atoms with Crippen molar-refractivity contribution in [3.63, 3.8) is 0 Å². The third-order valence-corrected chi connectivity index (χ3v) is 2.14. The van der Waals surface area contributed by atoms with Crippen molar-refractivity contribution >= 4 is 17.9 Å². The van der Waals surface area contributed by atoms with Gasteiger partial charge >= 0.3 is 58.4 Å². The van der Waals surface area contributed by atoms with E-state index in [4.69, 9.17) is 0 Å². The number of nitrogens with zero attached hydrogens (tertiary/aromatic N) is 1. The Balaban J connectivity index is 0.00000128. The van der Waals surface area contributed by atoms with Crippen molar-refractivity contribution < 1.29 is 68.7 Å². The Kier molecular flexibility index (Phi) is 4.65. The molecule has 80 valence electrons. The molecule has 1 aromatic heterocycles. The van der Waals surface area contributed by atoms with Gasteiger partial charge in [-0.15, -0.1) is 0 Å². The fourth-order valence-electron chi connectivity index (χ4n) is 1.54. The molecule has 2 rings (SSSR count). The summed E-state index contributed by atoms with van der Waals surface area (Å²) in [6, 6.07) is 5.34. The number of benzene rings is 1. The van der Waals surface area contributed by atoms with Gasteiger partial charge in [-0.2, -0.15) is 0 Å². The van der Waals surface area contributed by atoms with Crippen LogP contribution in [0, 0.1) is 5.82 Å². The predicted octanol–water partition coefficient (Wildman–Crippen LogP) is 0.171. The van der Waals surface area contributed by atoms with E-state index in [1.165, 1.54) is 24.4 Å². The van der Waals surface area contributed by atoms with Crippen LogP contribution in [0.2, 0.25) is 0 Å². The van der Waals surface area contributed by atoms with Crippen molar-refractivity contribution in [2.75, 3.05) is 0 Å². The minimum Gasteiger partial charge on any atom is -0.448 e. The van der Waals surface area contributed by atoms with Gasteiger partial charge in [-0.05, 0) is 36.1 Å². The summed E-state index contributed by atoms with van der Waals surface area (Å²) in [5.74, 6) is -0.530. The van der Waals surface area contributed by atoms with Crippen LogP contribution < -0.4 is 51.4 Å². The monoisotopic (exact) mass is 255 g/mol. The van der Waals surface area contributed by atoms with Crippen molar-refractivity contribution in [3.05, 3.63) is 36.3 Å². The van der Waals surface area contributed by atoms with E-state index in [-0.39, 0.29) is 56.9 Å². The van der Waals surface area contributed by atoms with E-state index in [1.54, 1.807) is 0 Å². The zero-order valence-electron chi connectivity index (χ0n) is 8.63. The van der Waals surface area contributed by atoms with Crippen LogP contribution in [0.25, 0.3) is 10.9 Å². The molecule has 0 atom stereocenters. The van der Waals surface area contributed by atoms with Crippen LogP contribution in [0.1, 0.15) is 0 Å². The van der Waals surface area contributed by atoms with Crippen LogP contribution in [0.5, 0.6) is 0 Å². The molecule has 7 heteroatoms. The van der Waals surface area contributed by atoms with Crippen LogP contribution in [0.4, 0.5) is 17.3 Å². The van der Waals surface area contributed by atoms with E-state index in [2.05, 4.69) is 0 Å². The maximum atomic E-state index is 12.8. The maximum absolute atomic E-state index is 12.8. The van der Waals surface area contributed by atoms with Crippen LogP contribution >= 0.6 is 0 Å². The summed E-state index contributed by atoms with van der Waals surface area (Å²) >= 11 is 0. The predicted molar refractivity (Wildman–Crippen MR) is 51.0 cm³/mol. The molecule has 0 amide bonds. The average molecular weight is 255 g/mol. The van der Waals surface area contributed by atoms with Crippen molar-refractivity contribution in [3.8, 4) is 0 Å². The first-order chi connectivity index (χ1) is 6.96. The largest absolute Gasteiger partial charge is 1.00 e. The molecule has 0 aliphatic rings. The second-order valence-electron chi connectivity index (χ2n) is 3.38. The molecule has 1 nitrogen and oxygen atoms in total. The fraction of sp³-hybridized carbons (Fsp3) is 0.111. The Labute approximate surface area is 132 Å². The van der Waals surface area contributed by atoms with E-state index in [0.717, 1.165) is 10.6 Å². The molecular weight excluding hydrogens is 248 g/mol. The van der Waals surface area contributed by atoms with Gasteiger partial charge in [0.05, 0.1) is 0 Å². The van der Waals surface area contributed by atoms with Gasteiger partial charge in [0.15, 0.2) is 0 Å². The Hall–Kier alpha value is 0.181. The molecule has 0 saturated carbocycles. The van der Waals surface area contributed by atoms with Crippen LogP contribution in [0.3, 0.4) is 0 Å². The van der Waals surface area contributed by atoms with Crippen LogP contribution in [-0.2, 0) is 6.44 Å². The second kappa shape index (κ2) is 5.22. The zero-order chi connectivity index (χ0) is 11.1. The number of aromatic nitrogens is 1. The molecule has 0 saturated heterocycles. The van der Waals surface area contributed by atoms with Crippen LogP contribution in [-0.4, -0.2) is 11.5 Å². The minimum atomic E-state index is -4.91. The number of hydrogen-bond acceptors (Lipinski definition) is 0. The molecule has 0 N–H and O–H groups in total. The summed E-state index contributed by atoms with van der Waals surface area (Å²) in [4.78, 5) is 0. The van der Waals surface area contributed by atoms with Crippen molar-refractivity contribution in [1.82, 2.24) is 4.57 Å². The maximum Gasteiger partial charge on any atom is 1.00 e. The molecule has 0 aliphatic carbocycles. The van der Waals surface area contributed by atoms with Crippen molar-refractivity contribution in [2.45, 2.75) is 6.44 Å². The summed E-state index contributed by atoms with van der Waals surface area (Å²) in [7, 11) is 0. The topological polar surface area (TPSA) is 4.93 Å². The number of rotatable bonds is 2. The van der Waals surface area contributed by atoms with Gasteiger partial charge in [-0.25, -0.2) is 4.39 Å². The number of halogens is 4. The van der Waals surface area contributed by atoms with Gasteiger partial charge in [-0.3, -0.25) is 0 Å². The third kappa shape index (κ3) is 3.33. The SMILES string of the molecule is Fc1ccc2ccn(C[B-](F)(F)F)c2c1.[K+]. The quantitative estimate of drug-likeness (QED) is 0.532. The molecule has 0 aliphatic heterocycles. The molecule has 1 aromatic carbocycles. The van der Waals surface area contributed by atoms with E-state index in [0.29, 0.717) is 5.39 Å². The first-order valence-corrected chi connectivity index (χ1v) is 4.41. The van der Waals surface area contributed by atoms with E-state index >= 15 is 0 Å². The summed E-state index contributed by atoms with van der Waals surface area (Å²) in [5.41, 5.74) is 0.272. The van der Waals surface area contributed by atoms with Crippen LogP contribution in [0.15, 0.2) is 30.5 Å². The molecule has 0 bridgehead atoms. The van der Waals surface area contributed by atoms with Crippen molar-refractivity contribution in [1.29, 1.82) is 0 Å². The van der Waals surface area contributed by atoms with Gasteiger partial charge in [0.1, 0.15) is 5.82 Å². The fourth-order valence-corrected chi connectivity index (χ4v) is 1.54. The van der Waals surface area contributed by atoms with Gasteiger partial charge in [-0.1, -0.05) is 0 Å². The molecular formula is C9H7BF4KN. The number of fused-ring (bicyclic) bond motifs is 1. The molecule has 1 heterocycles. The molecule has 0 spiro atoms. The second-order valence-corrected chi connectivity index (χ2v) is 3.38. The normalized spacial score (nSPS) is 11.5. The summed E-state index contributed by atoms with van der Waals surface area (Å²) in [6.45, 7) is -4.91.